The molecular formula is C19H26N2O5. The second-order valence-electron chi connectivity index (χ2n) is 7.34. The normalized spacial score (nSPS) is 24.5. The van der Waals surface area contributed by atoms with Crippen LogP contribution in [0.2, 0.25) is 0 Å². The molecule has 1 aromatic carbocycles. The van der Waals surface area contributed by atoms with E-state index in [9.17, 15) is 19.8 Å². The number of hydrogen-bond donors (Lipinski definition) is 3. The monoisotopic (exact) mass is 362 g/mol. The SMILES string of the molecule is COC[C@H]1C[C@@H]1C(=O)N1CC(O)(CNC(=O)C(CO)c2ccccc2)C1. The van der Waals surface area contributed by atoms with E-state index in [1.54, 1.807) is 24.1 Å². The number of rotatable bonds is 8. The fourth-order valence-electron chi connectivity index (χ4n) is 3.51. The molecule has 7 nitrogen and oxygen atoms in total. The van der Waals surface area contributed by atoms with Gasteiger partial charge in [-0.25, -0.2) is 0 Å². The van der Waals surface area contributed by atoms with Crippen molar-refractivity contribution in [3.63, 3.8) is 0 Å². The summed E-state index contributed by atoms with van der Waals surface area (Å²) in [5, 5.41) is 22.7. The average molecular weight is 362 g/mol. The molecule has 3 rings (SSSR count). The van der Waals surface area contributed by atoms with Gasteiger partial charge in [-0.15, -0.1) is 0 Å². The van der Waals surface area contributed by atoms with E-state index in [1.165, 1.54) is 0 Å². The molecule has 1 heterocycles. The molecule has 1 aliphatic heterocycles. The number of β-amino-alcohol motifs (C(OH)–C–C–N with tert-alkyl or cyclic N) is 1. The molecule has 7 heteroatoms. The van der Waals surface area contributed by atoms with E-state index in [1.807, 2.05) is 18.2 Å². The van der Waals surface area contributed by atoms with E-state index in [4.69, 9.17) is 4.74 Å². The molecule has 0 spiro atoms. The number of hydrogen-bond acceptors (Lipinski definition) is 5. The van der Waals surface area contributed by atoms with Crippen LogP contribution in [0.25, 0.3) is 0 Å². The van der Waals surface area contributed by atoms with Crippen LogP contribution < -0.4 is 5.32 Å². The molecule has 1 aliphatic carbocycles. The molecule has 0 aromatic heterocycles. The topological polar surface area (TPSA) is 99.1 Å². The maximum absolute atomic E-state index is 12.3. The Balaban J connectivity index is 1.45. The van der Waals surface area contributed by atoms with Crippen LogP contribution in [0.5, 0.6) is 0 Å². The van der Waals surface area contributed by atoms with Crippen LogP contribution in [-0.2, 0) is 14.3 Å². The summed E-state index contributed by atoms with van der Waals surface area (Å²) in [5.41, 5.74) is -0.379. The molecule has 2 aliphatic rings. The summed E-state index contributed by atoms with van der Waals surface area (Å²) in [5.74, 6) is -0.651. The Morgan fingerprint density at radius 3 is 2.65 bits per heavy atom. The largest absolute Gasteiger partial charge is 0.395 e. The number of aliphatic hydroxyl groups excluding tert-OH is 1. The second kappa shape index (κ2) is 7.73. The van der Waals surface area contributed by atoms with Crippen molar-refractivity contribution < 1.29 is 24.5 Å². The molecule has 2 amide bonds. The van der Waals surface area contributed by atoms with Gasteiger partial charge in [-0.05, 0) is 17.9 Å². The van der Waals surface area contributed by atoms with Crippen LogP contribution in [0.1, 0.15) is 17.9 Å². The van der Waals surface area contributed by atoms with E-state index in [0.29, 0.717) is 6.61 Å². The number of aliphatic hydroxyl groups is 2. The highest BCUT2D eigenvalue weighted by molar-refractivity contribution is 5.84. The summed E-state index contributed by atoms with van der Waals surface area (Å²) in [7, 11) is 1.63. The van der Waals surface area contributed by atoms with Crippen molar-refractivity contribution in [1.82, 2.24) is 10.2 Å². The van der Waals surface area contributed by atoms with Gasteiger partial charge in [-0.3, -0.25) is 9.59 Å². The Bertz CT molecular complexity index is 645. The molecule has 2 fully saturated rings. The van der Waals surface area contributed by atoms with Crippen LogP contribution in [0.4, 0.5) is 0 Å². The molecule has 3 N–H and O–H groups in total. The standard InChI is InChI=1S/C19H26N2O5/c1-26-9-14-7-15(14)18(24)21-11-19(25,12-21)10-20-17(23)16(8-22)13-5-3-2-4-6-13/h2-6,14-16,22,25H,7-12H2,1H3,(H,20,23)/t14-,15+,16?/m1/s1. The Kier molecular flexibility index (Phi) is 5.60. The third-order valence-electron chi connectivity index (χ3n) is 5.20. The zero-order chi connectivity index (χ0) is 18.7. The first-order chi connectivity index (χ1) is 12.5. The number of carbonyl (C=O) groups is 2. The highest BCUT2D eigenvalue weighted by atomic mass is 16.5. The van der Waals surface area contributed by atoms with Crippen LogP contribution in [0.3, 0.4) is 0 Å². The summed E-state index contributed by atoms with van der Waals surface area (Å²) in [6, 6.07) is 9.03. The number of ether oxygens (including phenoxy) is 1. The van der Waals surface area contributed by atoms with E-state index >= 15 is 0 Å². The summed E-state index contributed by atoms with van der Waals surface area (Å²) in [4.78, 5) is 26.2. The quantitative estimate of drug-likeness (QED) is 0.592. The van der Waals surface area contributed by atoms with Crippen LogP contribution >= 0.6 is 0 Å². The lowest BCUT2D eigenvalue weighted by Gasteiger charge is -2.46. The molecule has 1 unspecified atom stereocenters. The summed E-state index contributed by atoms with van der Waals surface area (Å²) >= 11 is 0. The number of methoxy groups -OCH3 is 1. The Morgan fingerprint density at radius 2 is 2.04 bits per heavy atom. The molecule has 1 saturated heterocycles. The highest BCUT2D eigenvalue weighted by Gasteiger charge is 2.51. The van der Waals surface area contributed by atoms with Gasteiger partial charge in [0.15, 0.2) is 0 Å². The molecule has 26 heavy (non-hydrogen) atoms. The molecule has 1 saturated carbocycles. The van der Waals surface area contributed by atoms with E-state index in [0.717, 1.165) is 12.0 Å². The number of nitrogens with one attached hydrogen (secondary N) is 1. The summed E-state index contributed by atoms with van der Waals surface area (Å²) < 4.78 is 5.06. The van der Waals surface area contributed by atoms with Crippen molar-refractivity contribution in [2.24, 2.45) is 11.8 Å². The van der Waals surface area contributed by atoms with Crippen molar-refractivity contribution >= 4 is 11.8 Å². The highest BCUT2D eigenvalue weighted by Crippen LogP contribution is 2.41. The van der Waals surface area contributed by atoms with Crippen LogP contribution in [0.15, 0.2) is 30.3 Å². The smallest absolute Gasteiger partial charge is 0.229 e. The Labute approximate surface area is 152 Å². The first kappa shape index (κ1) is 18.8. The molecule has 142 valence electrons. The fraction of sp³-hybridized carbons (Fsp3) is 0.579. The third-order valence-corrected chi connectivity index (χ3v) is 5.20. The Hall–Kier alpha value is -1.96. The predicted octanol–water partition coefficient (Wildman–Crippen LogP) is -0.265. The van der Waals surface area contributed by atoms with Gasteiger partial charge in [-0.1, -0.05) is 30.3 Å². The molecule has 0 radical (unpaired) electrons. The second-order valence-corrected chi connectivity index (χ2v) is 7.34. The number of carbonyl (C=O) groups excluding carboxylic acids is 2. The minimum atomic E-state index is -1.10. The Morgan fingerprint density at radius 1 is 1.35 bits per heavy atom. The number of likely N-dealkylation sites (tertiary alicyclic amines) is 1. The third kappa shape index (κ3) is 4.06. The van der Waals surface area contributed by atoms with Crippen LogP contribution in [-0.4, -0.2) is 72.5 Å². The molecular weight excluding hydrogens is 336 g/mol. The van der Waals surface area contributed by atoms with Crippen molar-refractivity contribution in [3.8, 4) is 0 Å². The van der Waals surface area contributed by atoms with Gasteiger partial charge in [0.1, 0.15) is 5.60 Å². The maximum Gasteiger partial charge on any atom is 0.229 e. The zero-order valence-corrected chi connectivity index (χ0v) is 14.9. The zero-order valence-electron chi connectivity index (χ0n) is 14.9. The lowest BCUT2D eigenvalue weighted by atomic mass is 9.92. The minimum absolute atomic E-state index is 0.00550. The maximum atomic E-state index is 12.3. The number of amides is 2. The van der Waals surface area contributed by atoms with Gasteiger partial charge in [0, 0.05) is 26.2 Å². The fourth-order valence-corrected chi connectivity index (χ4v) is 3.51. The molecule has 0 bridgehead atoms. The summed E-state index contributed by atoms with van der Waals surface area (Å²) in [6.45, 7) is 0.786. The van der Waals surface area contributed by atoms with Gasteiger partial charge in [0.25, 0.3) is 0 Å². The van der Waals surface area contributed by atoms with Gasteiger partial charge >= 0.3 is 0 Å². The van der Waals surface area contributed by atoms with Gasteiger partial charge in [0.05, 0.1) is 25.6 Å². The van der Waals surface area contributed by atoms with Crippen molar-refractivity contribution in [1.29, 1.82) is 0 Å². The van der Waals surface area contributed by atoms with Crippen LogP contribution in [0, 0.1) is 11.8 Å². The van der Waals surface area contributed by atoms with Crippen molar-refractivity contribution in [2.45, 2.75) is 17.9 Å². The van der Waals surface area contributed by atoms with E-state index < -0.39 is 11.5 Å². The number of nitrogens with zero attached hydrogens (tertiary/aromatic N) is 1. The van der Waals surface area contributed by atoms with Gasteiger partial charge in [0.2, 0.25) is 11.8 Å². The molecule has 1 aromatic rings. The summed E-state index contributed by atoms with van der Waals surface area (Å²) in [6.07, 6.45) is 0.841. The van der Waals surface area contributed by atoms with Gasteiger partial charge in [-0.2, -0.15) is 0 Å². The average Bonchev–Trinajstić information content (AvgIpc) is 3.38. The van der Waals surface area contributed by atoms with Gasteiger partial charge < -0.3 is 25.2 Å². The van der Waals surface area contributed by atoms with Crippen molar-refractivity contribution in [3.05, 3.63) is 35.9 Å². The van der Waals surface area contributed by atoms with E-state index in [-0.39, 0.29) is 49.9 Å². The number of benzene rings is 1. The van der Waals surface area contributed by atoms with Crippen molar-refractivity contribution in [2.75, 3.05) is 40.0 Å². The minimum Gasteiger partial charge on any atom is -0.395 e. The predicted molar refractivity (Wildman–Crippen MR) is 94.3 cm³/mol. The first-order valence-corrected chi connectivity index (χ1v) is 8.91. The lowest BCUT2D eigenvalue weighted by Crippen LogP contribution is -2.68. The van der Waals surface area contributed by atoms with E-state index in [2.05, 4.69) is 5.32 Å². The lowest BCUT2D eigenvalue weighted by molar-refractivity contribution is -0.157. The first-order valence-electron chi connectivity index (χ1n) is 8.91. The molecule has 3 atom stereocenters.